The molecular formula is C27H25ClN2O4. The fourth-order valence-corrected chi connectivity index (χ4v) is 6.04. The van der Waals surface area contributed by atoms with Crippen molar-refractivity contribution < 1.29 is 19.1 Å². The Morgan fingerprint density at radius 1 is 0.971 bits per heavy atom. The molecule has 7 heteroatoms. The summed E-state index contributed by atoms with van der Waals surface area (Å²) in [5.74, 6) is 1.91. The molecule has 1 heterocycles. The lowest BCUT2D eigenvalue weighted by Crippen LogP contribution is -2.40. The molecule has 6 atom stereocenters. The molecule has 6 nitrogen and oxygen atoms in total. The lowest BCUT2D eigenvalue weighted by molar-refractivity contribution is -0.140. The van der Waals surface area contributed by atoms with Gasteiger partial charge < -0.3 is 9.47 Å². The van der Waals surface area contributed by atoms with Crippen LogP contribution in [0, 0.1) is 35.5 Å². The summed E-state index contributed by atoms with van der Waals surface area (Å²) in [4.78, 5) is 26.2. The van der Waals surface area contributed by atoms with Crippen molar-refractivity contribution >= 4 is 29.6 Å². The fourth-order valence-electron chi connectivity index (χ4n) is 5.91. The van der Waals surface area contributed by atoms with Crippen molar-refractivity contribution in [2.45, 2.75) is 20.0 Å². The molecule has 2 aromatic carbocycles. The summed E-state index contributed by atoms with van der Waals surface area (Å²) >= 11 is 5.95. The molecule has 0 spiro atoms. The third-order valence-corrected chi connectivity index (χ3v) is 7.79. The largest absolute Gasteiger partial charge is 0.490 e. The second-order valence-corrected chi connectivity index (χ2v) is 9.88. The van der Waals surface area contributed by atoms with Crippen molar-refractivity contribution in [1.29, 1.82) is 0 Å². The average molecular weight is 477 g/mol. The molecule has 2 bridgehead atoms. The maximum Gasteiger partial charge on any atom is 0.254 e. The third kappa shape index (κ3) is 3.52. The first-order valence-electron chi connectivity index (χ1n) is 11.8. The van der Waals surface area contributed by atoms with Gasteiger partial charge in [0, 0.05) is 5.02 Å². The van der Waals surface area contributed by atoms with Crippen molar-refractivity contribution in [2.75, 3.05) is 6.61 Å². The van der Waals surface area contributed by atoms with E-state index < -0.39 is 0 Å². The van der Waals surface area contributed by atoms with Crippen molar-refractivity contribution in [2.24, 2.45) is 40.6 Å². The molecule has 4 aliphatic carbocycles. The number of ether oxygens (including phenoxy) is 2. The molecule has 34 heavy (non-hydrogen) atoms. The van der Waals surface area contributed by atoms with Crippen LogP contribution >= 0.6 is 11.6 Å². The van der Waals surface area contributed by atoms with E-state index in [4.69, 9.17) is 21.1 Å². The molecule has 5 aliphatic rings. The van der Waals surface area contributed by atoms with Gasteiger partial charge in [0.05, 0.1) is 24.7 Å². The van der Waals surface area contributed by atoms with Gasteiger partial charge in [-0.3, -0.25) is 9.59 Å². The molecule has 0 aromatic heterocycles. The lowest BCUT2D eigenvalue weighted by Gasteiger charge is -2.37. The molecule has 7 rings (SSSR count). The van der Waals surface area contributed by atoms with Crippen molar-refractivity contribution in [3.63, 3.8) is 0 Å². The van der Waals surface area contributed by atoms with Gasteiger partial charge in [-0.25, -0.2) is 0 Å². The number of halogens is 1. The van der Waals surface area contributed by atoms with Crippen LogP contribution in [0.25, 0.3) is 0 Å². The zero-order valence-corrected chi connectivity index (χ0v) is 19.5. The molecule has 0 N–H and O–H groups in total. The molecule has 174 valence electrons. The topological polar surface area (TPSA) is 68.2 Å². The van der Waals surface area contributed by atoms with Crippen LogP contribution < -0.4 is 9.47 Å². The number of hydrogen-bond donors (Lipinski definition) is 0. The number of nitrogens with zero attached hydrogens (tertiary/aromatic N) is 2. The molecule has 1 saturated heterocycles. The standard InChI is InChI=1S/C27H25ClN2O4/c1-2-33-23-11-16(5-10-22(23)34-14-15-3-6-17(28)7-4-15)13-29-30-26(31)24-18-8-9-19(21-12-20(18)21)25(24)27(30)32/h3-11,13,18-21,24-25H,2,12,14H2,1H3/t18-,19-,20-,21-,24+,25+/m0/s1. The second-order valence-electron chi connectivity index (χ2n) is 9.44. The number of hydrazone groups is 1. The Morgan fingerprint density at radius 3 is 2.29 bits per heavy atom. The second kappa shape index (κ2) is 8.27. The average Bonchev–Trinajstić information content (AvgIpc) is 3.63. The minimum absolute atomic E-state index is 0.163. The zero-order valence-electron chi connectivity index (χ0n) is 18.8. The molecule has 2 aromatic rings. The van der Waals surface area contributed by atoms with E-state index in [2.05, 4.69) is 17.3 Å². The van der Waals surface area contributed by atoms with Crippen LogP contribution in [-0.4, -0.2) is 29.6 Å². The van der Waals surface area contributed by atoms with E-state index in [1.54, 1.807) is 6.21 Å². The maximum absolute atomic E-state index is 13.1. The van der Waals surface area contributed by atoms with E-state index in [9.17, 15) is 9.59 Å². The van der Waals surface area contributed by atoms with Crippen molar-refractivity contribution in [1.82, 2.24) is 5.01 Å². The molecule has 0 radical (unpaired) electrons. The first kappa shape index (κ1) is 21.4. The van der Waals surface area contributed by atoms with Crippen LogP contribution in [0.1, 0.15) is 24.5 Å². The van der Waals surface area contributed by atoms with Crippen molar-refractivity contribution in [3.05, 3.63) is 70.8 Å². The number of carbonyl (C=O) groups excluding carboxylic acids is 2. The monoisotopic (exact) mass is 476 g/mol. The number of rotatable bonds is 7. The number of benzene rings is 2. The van der Waals surface area contributed by atoms with Crippen LogP contribution in [0.3, 0.4) is 0 Å². The Morgan fingerprint density at radius 2 is 1.65 bits per heavy atom. The Hall–Kier alpha value is -3.12. The Kier molecular flexibility index (Phi) is 5.21. The first-order valence-corrected chi connectivity index (χ1v) is 12.2. The molecule has 2 amide bonds. The normalized spacial score (nSPS) is 30.6. The predicted octanol–water partition coefficient (Wildman–Crippen LogP) is 4.70. The third-order valence-electron chi connectivity index (χ3n) is 7.54. The Labute approximate surface area is 203 Å². The van der Waals surface area contributed by atoms with Gasteiger partial charge in [0.25, 0.3) is 11.8 Å². The van der Waals surface area contributed by atoms with Gasteiger partial charge >= 0.3 is 0 Å². The molecule has 0 unspecified atom stereocenters. The SMILES string of the molecule is CCOc1cc(C=NN2C(=O)[C@@H]3[C@H]4C=C[C@@H]([C@@H]5C[C@@H]45)[C@H]3C2=O)ccc1OCc1ccc(Cl)cc1. The van der Waals surface area contributed by atoms with Crippen LogP contribution in [-0.2, 0) is 16.2 Å². The number of imide groups is 1. The van der Waals surface area contributed by atoms with Crippen molar-refractivity contribution in [3.8, 4) is 11.5 Å². The minimum atomic E-state index is -0.244. The van der Waals surface area contributed by atoms with Gasteiger partial charge in [-0.15, -0.1) is 0 Å². The first-order chi connectivity index (χ1) is 16.5. The zero-order chi connectivity index (χ0) is 23.4. The van der Waals surface area contributed by atoms with Gasteiger partial charge in [-0.05, 0) is 78.5 Å². The van der Waals surface area contributed by atoms with E-state index in [0.29, 0.717) is 41.6 Å². The highest BCUT2D eigenvalue weighted by molar-refractivity contribution is 6.30. The Bertz CT molecular complexity index is 1170. The predicted molar refractivity (Wildman–Crippen MR) is 128 cm³/mol. The lowest BCUT2D eigenvalue weighted by atomic mass is 9.63. The van der Waals surface area contributed by atoms with E-state index >= 15 is 0 Å². The van der Waals surface area contributed by atoms with Gasteiger partial charge in [0.15, 0.2) is 11.5 Å². The number of hydrogen-bond acceptors (Lipinski definition) is 5. The molecule has 2 saturated carbocycles. The summed E-state index contributed by atoms with van der Waals surface area (Å²) in [6, 6.07) is 12.9. The van der Waals surface area contributed by atoms with E-state index in [1.165, 1.54) is 0 Å². The maximum atomic E-state index is 13.1. The van der Waals surface area contributed by atoms with Gasteiger partial charge in [-0.2, -0.15) is 10.1 Å². The Balaban J connectivity index is 1.18. The summed E-state index contributed by atoms with van der Waals surface area (Å²) in [7, 11) is 0. The summed E-state index contributed by atoms with van der Waals surface area (Å²) < 4.78 is 11.7. The highest BCUT2D eigenvalue weighted by Crippen LogP contribution is 2.65. The van der Waals surface area contributed by atoms with Crippen LogP contribution in [0.4, 0.5) is 0 Å². The highest BCUT2D eigenvalue weighted by Gasteiger charge is 2.67. The quantitative estimate of drug-likeness (QED) is 0.330. The molecule has 3 fully saturated rings. The smallest absolute Gasteiger partial charge is 0.254 e. The van der Waals surface area contributed by atoms with Crippen LogP contribution in [0.15, 0.2) is 59.7 Å². The van der Waals surface area contributed by atoms with Gasteiger partial charge in [0.1, 0.15) is 6.61 Å². The minimum Gasteiger partial charge on any atom is -0.490 e. The summed E-state index contributed by atoms with van der Waals surface area (Å²) in [5.41, 5.74) is 1.72. The summed E-state index contributed by atoms with van der Waals surface area (Å²) in [5, 5.41) is 6.10. The molecular weight excluding hydrogens is 452 g/mol. The molecule has 1 aliphatic heterocycles. The summed E-state index contributed by atoms with van der Waals surface area (Å²) in [6.45, 7) is 2.75. The van der Waals surface area contributed by atoms with Gasteiger partial charge in [-0.1, -0.05) is 35.9 Å². The highest BCUT2D eigenvalue weighted by atomic mass is 35.5. The van der Waals surface area contributed by atoms with Crippen LogP contribution in [0.5, 0.6) is 11.5 Å². The van der Waals surface area contributed by atoms with Crippen LogP contribution in [0.2, 0.25) is 5.02 Å². The van der Waals surface area contributed by atoms with E-state index in [0.717, 1.165) is 22.6 Å². The number of amides is 2. The number of allylic oxidation sites excluding steroid dienone is 2. The van der Waals surface area contributed by atoms with Gasteiger partial charge in [0.2, 0.25) is 0 Å². The van der Waals surface area contributed by atoms with E-state index in [1.807, 2.05) is 49.4 Å². The number of carbonyl (C=O) groups is 2. The fraction of sp³-hybridized carbons (Fsp3) is 0.370. The van der Waals surface area contributed by atoms with E-state index in [-0.39, 0.29) is 35.5 Å². The summed E-state index contributed by atoms with van der Waals surface area (Å²) in [6.07, 6.45) is 7.02.